The summed E-state index contributed by atoms with van der Waals surface area (Å²) < 4.78 is 6.93. The molecule has 1 amide bonds. The standard InChI is InChI=1S/C17H19N5O2/c1-11(8-18)17(23)20-16-7-15(21-24-16)13-5-3-12(4-6-13)14-9-19-22(2)10-14/h3-7,9-11H,8,18H2,1-2H3,(H,20,23)/t11-/m0/s1. The van der Waals surface area contributed by atoms with Crippen LogP contribution in [0.1, 0.15) is 6.92 Å². The molecule has 3 N–H and O–H groups in total. The molecule has 0 unspecified atom stereocenters. The van der Waals surface area contributed by atoms with Gasteiger partial charge in [0, 0.05) is 42.9 Å². The highest BCUT2D eigenvalue weighted by atomic mass is 16.5. The summed E-state index contributed by atoms with van der Waals surface area (Å²) in [5.74, 6) is -0.156. The predicted octanol–water partition coefficient (Wildman–Crippen LogP) is 2.28. The quantitative estimate of drug-likeness (QED) is 0.750. The third-order valence-corrected chi connectivity index (χ3v) is 3.78. The Morgan fingerprint density at radius 2 is 2.00 bits per heavy atom. The van der Waals surface area contributed by atoms with E-state index in [0.717, 1.165) is 16.7 Å². The number of rotatable bonds is 5. The molecule has 0 aliphatic heterocycles. The Kier molecular flexibility index (Phi) is 4.43. The molecule has 0 aliphatic carbocycles. The topological polar surface area (TPSA) is 99.0 Å². The molecule has 0 radical (unpaired) electrons. The van der Waals surface area contributed by atoms with Crippen molar-refractivity contribution in [2.24, 2.45) is 18.7 Å². The van der Waals surface area contributed by atoms with Crippen molar-refractivity contribution in [1.29, 1.82) is 0 Å². The number of aromatic nitrogens is 3. The van der Waals surface area contributed by atoms with Gasteiger partial charge < -0.3 is 10.3 Å². The van der Waals surface area contributed by atoms with Gasteiger partial charge in [0.2, 0.25) is 11.8 Å². The van der Waals surface area contributed by atoms with E-state index in [2.05, 4.69) is 15.6 Å². The van der Waals surface area contributed by atoms with Gasteiger partial charge in [-0.2, -0.15) is 5.10 Å². The number of anilines is 1. The monoisotopic (exact) mass is 325 g/mol. The fraction of sp³-hybridized carbons (Fsp3) is 0.235. The van der Waals surface area contributed by atoms with Crippen LogP contribution in [0, 0.1) is 5.92 Å². The number of nitrogens with one attached hydrogen (secondary N) is 1. The molecule has 0 spiro atoms. The number of hydrogen-bond donors (Lipinski definition) is 2. The molecule has 3 rings (SSSR count). The van der Waals surface area contributed by atoms with Gasteiger partial charge in [-0.15, -0.1) is 0 Å². The first kappa shape index (κ1) is 15.9. The van der Waals surface area contributed by atoms with Crippen molar-refractivity contribution in [3.05, 3.63) is 42.7 Å². The van der Waals surface area contributed by atoms with Crippen LogP contribution in [0.25, 0.3) is 22.4 Å². The zero-order valence-corrected chi connectivity index (χ0v) is 13.6. The number of nitrogens with two attached hydrogens (primary N) is 1. The lowest BCUT2D eigenvalue weighted by Gasteiger charge is -2.06. The van der Waals surface area contributed by atoms with Crippen molar-refractivity contribution in [2.75, 3.05) is 11.9 Å². The average Bonchev–Trinajstić information content (AvgIpc) is 3.23. The lowest BCUT2D eigenvalue weighted by molar-refractivity contribution is -0.119. The molecule has 2 aromatic heterocycles. The summed E-state index contributed by atoms with van der Waals surface area (Å²) in [7, 11) is 1.88. The van der Waals surface area contributed by atoms with Crippen LogP contribution in [0.15, 0.2) is 47.2 Å². The van der Waals surface area contributed by atoms with Crippen LogP contribution < -0.4 is 11.1 Å². The van der Waals surface area contributed by atoms with E-state index in [0.29, 0.717) is 11.6 Å². The fourth-order valence-corrected chi connectivity index (χ4v) is 2.23. The number of carbonyl (C=O) groups excluding carboxylic acids is 1. The van der Waals surface area contributed by atoms with Crippen LogP contribution in [0.5, 0.6) is 0 Å². The third-order valence-electron chi connectivity index (χ3n) is 3.78. The van der Waals surface area contributed by atoms with Gasteiger partial charge in [-0.05, 0) is 5.56 Å². The zero-order chi connectivity index (χ0) is 17.1. The van der Waals surface area contributed by atoms with E-state index < -0.39 is 0 Å². The second-order valence-electron chi connectivity index (χ2n) is 5.68. The summed E-state index contributed by atoms with van der Waals surface area (Å²) in [6.07, 6.45) is 3.77. The molecule has 2 heterocycles. The maximum atomic E-state index is 11.8. The summed E-state index contributed by atoms with van der Waals surface area (Å²) in [6.45, 7) is 2.03. The Morgan fingerprint density at radius 3 is 2.62 bits per heavy atom. The molecule has 7 heteroatoms. The van der Waals surface area contributed by atoms with Crippen LogP contribution in [0.2, 0.25) is 0 Å². The molecule has 3 aromatic rings. The highest BCUT2D eigenvalue weighted by Crippen LogP contribution is 2.25. The second kappa shape index (κ2) is 6.67. The minimum atomic E-state index is -0.280. The van der Waals surface area contributed by atoms with Gasteiger partial charge in [-0.25, -0.2) is 0 Å². The molecule has 1 atom stereocenters. The highest BCUT2D eigenvalue weighted by molar-refractivity contribution is 5.91. The minimum absolute atomic E-state index is 0.188. The Hall–Kier alpha value is -2.93. The van der Waals surface area contributed by atoms with Gasteiger partial charge in [0.25, 0.3) is 0 Å². The van der Waals surface area contributed by atoms with Crippen molar-refractivity contribution in [2.45, 2.75) is 6.92 Å². The van der Waals surface area contributed by atoms with E-state index in [4.69, 9.17) is 10.3 Å². The van der Waals surface area contributed by atoms with Crippen LogP contribution in [0.3, 0.4) is 0 Å². The first-order chi connectivity index (χ1) is 11.6. The number of carbonyl (C=O) groups is 1. The third kappa shape index (κ3) is 3.36. The summed E-state index contributed by atoms with van der Waals surface area (Å²) >= 11 is 0. The Balaban J connectivity index is 1.74. The van der Waals surface area contributed by atoms with Crippen LogP contribution in [0.4, 0.5) is 5.88 Å². The molecular weight excluding hydrogens is 306 g/mol. The SMILES string of the molecule is C[C@@H](CN)C(=O)Nc1cc(-c2ccc(-c3cnn(C)c3)cc2)no1. The average molecular weight is 325 g/mol. The lowest BCUT2D eigenvalue weighted by atomic mass is 10.1. The molecule has 0 fully saturated rings. The second-order valence-corrected chi connectivity index (χ2v) is 5.68. The molecule has 24 heavy (non-hydrogen) atoms. The molecule has 0 saturated heterocycles. The molecule has 1 aromatic carbocycles. The zero-order valence-electron chi connectivity index (χ0n) is 13.6. The van der Waals surface area contributed by atoms with Gasteiger partial charge in [-0.1, -0.05) is 36.3 Å². The minimum Gasteiger partial charge on any atom is -0.338 e. The van der Waals surface area contributed by atoms with Gasteiger partial charge in [0.1, 0.15) is 5.69 Å². The largest absolute Gasteiger partial charge is 0.338 e. The van der Waals surface area contributed by atoms with Gasteiger partial charge >= 0.3 is 0 Å². The van der Waals surface area contributed by atoms with E-state index in [1.165, 1.54) is 0 Å². The molecule has 7 nitrogen and oxygen atoms in total. The van der Waals surface area contributed by atoms with Crippen LogP contribution >= 0.6 is 0 Å². The predicted molar refractivity (Wildman–Crippen MR) is 91.0 cm³/mol. The maximum absolute atomic E-state index is 11.8. The van der Waals surface area contributed by atoms with E-state index in [1.807, 2.05) is 43.7 Å². The van der Waals surface area contributed by atoms with Crippen molar-refractivity contribution < 1.29 is 9.32 Å². The lowest BCUT2D eigenvalue weighted by Crippen LogP contribution is -2.26. The van der Waals surface area contributed by atoms with E-state index in [9.17, 15) is 4.79 Å². The Labute approximate surface area is 139 Å². The molecule has 124 valence electrons. The highest BCUT2D eigenvalue weighted by Gasteiger charge is 2.14. The van der Waals surface area contributed by atoms with Crippen LogP contribution in [-0.2, 0) is 11.8 Å². The number of aryl methyl sites for hydroxylation is 1. The summed E-state index contributed by atoms with van der Waals surface area (Å²) in [4.78, 5) is 11.8. The van der Waals surface area contributed by atoms with E-state index in [-0.39, 0.29) is 18.4 Å². The smallest absolute Gasteiger partial charge is 0.231 e. The van der Waals surface area contributed by atoms with Gasteiger partial charge in [0.05, 0.1) is 6.20 Å². The number of amides is 1. The first-order valence-electron chi connectivity index (χ1n) is 7.64. The van der Waals surface area contributed by atoms with Crippen LogP contribution in [-0.4, -0.2) is 27.4 Å². The number of benzene rings is 1. The van der Waals surface area contributed by atoms with Gasteiger partial charge in [-0.3, -0.25) is 14.8 Å². The van der Waals surface area contributed by atoms with Crippen molar-refractivity contribution in [3.63, 3.8) is 0 Å². The summed E-state index contributed by atoms with van der Waals surface area (Å²) in [5, 5.41) is 10.8. The van der Waals surface area contributed by atoms with Crippen molar-refractivity contribution in [1.82, 2.24) is 14.9 Å². The molecule has 0 saturated carbocycles. The number of nitrogens with zero attached hydrogens (tertiary/aromatic N) is 3. The maximum Gasteiger partial charge on any atom is 0.231 e. The van der Waals surface area contributed by atoms with Gasteiger partial charge in [0.15, 0.2) is 0 Å². The normalized spacial score (nSPS) is 12.1. The Morgan fingerprint density at radius 1 is 1.29 bits per heavy atom. The fourth-order valence-electron chi connectivity index (χ4n) is 2.23. The molecule has 0 bridgehead atoms. The first-order valence-corrected chi connectivity index (χ1v) is 7.64. The van der Waals surface area contributed by atoms with E-state index >= 15 is 0 Å². The Bertz CT molecular complexity index is 835. The van der Waals surface area contributed by atoms with Crippen molar-refractivity contribution in [3.8, 4) is 22.4 Å². The number of hydrogen-bond acceptors (Lipinski definition) is 5. The van der Waals surface area contributed by atoms with Crippen molar-refractivity contribution >= 4 is 11.8 Å². The molecular formula is C17H19N5O2. The summed E-state index contributed by atoms with van der Waals surface area (Å²) in [6, 6.07) is 9.59. The summed E-state index contributed by atoms with van der Waals surface area (Å²) in [5.41, 5.74) is 9.15. The van der Waals surface area contributed by atoms with E-state index in [1.54, 1.807) is 17.7 Å². The molecule has 0 aliphatic rings.